The van der Waals surface area contributed by atoms with Crippen molar-refractivity contribution in [3.63, 3.8) is 0 Å². The Labute approximate surface area is 106 Å². The Balaban J connectivity index is 0.000000980. The van der Waals surface area contributed by atoms with Crippen LogP contribution >= 0.6 is 20.7 Å². The van der Waals surface area contributed by atoms with Crippen LogP contribution in [0.5, 0.6) is 0 Å². The number of hydrogen-bond acceptors (Lipinski definition) is 3. The first-order valence-electron chi connectivity index (χ1n) is 3.81. The van der Waals surface area contributed by atoms with E-state index in [-0.39, 0.29) is 24.0 Å². The van der Waals surface area contributed by atoms with Crippen molar-refractivity contribution < 1.29 is 29.4 Å². The van der Waals surface area contributed by atoms with E-state index < -0.39 is 0 Å². The van der Waals surface area contributed by atoms with Crippen molar-refractivity contribution in [2.24, 2.45) is 0 Å². The summed E-state index contributed by atoms with van der Waals surface area (Å²) in [6.07, 6.45) is 0. The van der Waals surface area contributed by atoms with E-state index in [0.717, 1.165) is 20.8 Å². The van der Waals surface area contributed by atoms with Crippen molar-refractivity contribution in [1.29, 1.82) is 0 Å². The summed E-state index contributed by atoms with van der Waals surface area (Å²) in [5, 5.41) is 6.62. The highest BCUT2D eigenvalue weighted by Crippen LogP contribution is 2.27. The topological polar surface area (TPSA) is 51.6 Å². The molecule has 0 aliphatic rings. The highest BCUT2D eigenvalue weighted by atomic mass is 127. The second-order valence-corrected chi connectivity index (χ2v) is 4.85. The van der Waals surface area contributed by atoms with E-state index in [2.05, 4.69) is 0 Å². The van der Waals surface area contributed by atoms with Crippen LogP contribution in [0.25, 0.3) is 11.1 Å². The maximum absolute atomic E-state index is 5.82. The van der Waals surface area contributed by atoms with Gasteiger partial charge in [-0.25, -0.2) is 5.41 Å². The van der Waals surface area contributed by atoms with Crippen LogP contribution in [0.4, 0.5) is 5.00 Å². The Hall–Kier alpha value is -0.400. The lowest BCUT2D eigenvalue weighted by Crippen LogP contribution is -3.00. The molecular weight excluding hydrogens is 327 g/mol. The zero-order chi connectivity index (χ0) is 9.26. The molecule has 0 saturated heterocycles. The minimum atomic E-state index is 0. The average molecular weight is 336 g/mol. The van der Waals surface area contributed by atoms with Crippen LogP contribution in [0.15, 0.2) is 30.3 Å². The fourth-order valence-corrected chi connectivity index (χ4v) is 3.09. The Bertz CT molecular complexity index is 461. The van der Waals surface area contributed by atoms with Gasteiger partial charge >= 0.3 is 0 Å². The monoisotopic (exact) mass is 336 g/mol. The van der Waals surface area contributed by atoms with Crippen LogP contribution < -0.4 is 39.8 Å². The fraction of sp³-hybridized carbons (Fsp3) is 0. The van der Waals surface area contributed by atoms with E-state index in [1.54, 1.807) is 0 Å². The molecule has 2 rings (SSSR count). The molecule has 1 heterocycles. The Morgan fingerprint density at radius 2 is 1.71 bits per heavy atom. The minimum Gasteiger partial charge on any atom is -1.00 e. The molecule has 1 aromatic heterocycles. The van der Waals surface area contributed by atoms with Gasteiger partial charge in [0, 0.05) is 0 Å². The second-order valence-electron chi connectivity index (χ2n) is 2.64. The molecule has 4 N–H and O–H groups in total. The van der Waals surface area contributed by atoms with Gasteiger partial charge in [-0.05, 0) is 15.9 Å². The molecule has 14 heavy (non-hydrogen) atoms. The summed E-state index contributed by atoms with van der Waals surface area (Å²) in [7, 11) is 3.04. The van der Waals surface area contributed by atoms with Gasteiger partial charge < -0.3 is 29.7 Å². The van der Waals surface area contributed by atoms with Crippen molar-refractivity contribution in [3.05, 3.63) is 35.0 Å². The number of halogens is 1. The van der Waals surface area contributed by atoms with Crippen LogP contribution in [0.2, 0.25) is 0 Å². The number of hydrogen-bond donors (Lipinski definition) is 2. The highest BCUT2D eigenvalue weighted by Gasteiger charge is 2.10. The smallest absolute Gasteiger partial charge is 0.273 e. The first-order valence-corrected chi connectivity index (χ1v) is 5.96. The average Bonchev–Trinajstić information content (AvgIpc) is 2.48. The van der Waals surface area contributed by atoms with E-state index in [9.17, 15) is 0 Å². The molecular formula is C9H9IN2S2. The van der Waals surface area contributed by atoms with Crippen molar-refractivity contribution >= 4 is 25.7 Å². The van der Waals surface area contributed by atoms with Gasteiger partial charge in [0.25, 0.3) is 4.67 Å². The molecule has 0 radical (unpaired) electrons. The molecule has 0 spiro atoms. The van der Waals surface area contributed by atoms with Crippen molar-refractivity contribution in [3.8, 4) is 11.1 Å². The first-order chi connectivity index (χ1) is 6.29. The summed E-state index contributed by atoms with van der Waals surface area (Å²) in [4.78, 5) is 0. The molecule has 74 valence electrons. The van der Waals surface area contributed by atoms with Crippen molar-refractivity contribution in [2.45, 2.75) is 0 Å². The SMILES string of the molecule is Nc1ssc(=[NH2+])c1-c1ccccc1.[I-]. The van der Waals surface area contributed by atoms with Crippen LogP contribution in [-0.4, -0.2) is 0 Å². The van der Waals surface area contributed by atoms with Crippen molar-refractivity contribution in [1.82, 2.24) is 0 Å². The van der Waals surface area contributed by atoms with Crippen LogP contribution in [0, 0.1) is 0 Å². The predicted molar refractivity (Wildman–Crippen MR) is 57.1 cm³/mol. The molecule has 2 aromatic rings. The maximum atomic E-state index is 5.82. The molecule has 0 unspecified atom stereocenters. The zero-order valence-electron chi connectivity index (χ0n) is 7.24. The molecule has 0 aliphatic heterocycles. The molecule has 1 aromatic carbocycles. The van der Waals surface area contributed by atoms with Gasteiger partial charge in [-0.1, -0.05) is 40.7 Å². The van der Waals surface area contributed by atoms with Crippen molar-refractivity contribution in [2.75, 3.05) is 5.73 Å². The minimum absolute atomic E-state index is 0. The molecule has 5 heteroatoms. The summed E-state index contributed by atoms with van der Waals surface area (Å²) >= 11 is 0. The Kier molecular flexibility index (Phi) is 4.09. The molecule has 0 fully saturated rings. The molecule has 0 saturated carbocycles. The zero-order valence-corrected chi connectivity index (χ0v) is 11.0. The lowest BCUT2D eigenvalue weighted by atomic mass is 10.1. The number of rotatable bonds is 1. The summed E-state index contributed by atoms with van der Waals surface area (Å²) in [5.41, 5.74) is 7.90. The van der Waals surface area contributed by atoms with E-state index in [0.29, 0.717) is 0 Å². The predicted octanol–water partition coefficient (Wildman–Crippen LogP) is -2.28. The number of anilines is 1. The quantitative estimate of drug-likeness (QED) is 0.448. The molecule has 2 nitrogen and oxygen atoms in total. The van der Waals surface area contributed by atoms with Gasteiger partial charge in [0.1, 0.15) is 5.00 Å². The lowest BCUT2D eigenvalue weighted by Gasteiger charge is -1.95. The molecule has 0 atom stereocenters. The van der Waals surface area contributed by atoms with Crippen LogP contribution in [0.1, 0.15) is 0 Å². The summed E-state index contributed by atoms with van der Waals surface area (Å²) < 4.78 is 0.800. The van der Waals surface area contributed by atoms with Crippen LogP contribution in [-0.2, 0) is 0 Å². The molecule has 0 amide bonds. The highest BCUT2D eigenvalue weighted by molar-refractivity contribution is 7.70. The standard InChI is InChI=1S/C9H8N2S2.HI/c10-8-7(9(11)13-12-8)6-4-2-1-3-5-6;/h1-5,10H,11H2;1H. The summed E-state index contributed by atoms with van der Waals surface area (Å²) in [6.45, 7) is 0. The lowest BCUT2D eigenvalue weighted by molar-refractivity contribution is -0.165. The number of nitrogen functional groups attached to an aromatic ring is 1. The van der Waals surface area contributed by atoms with Gasteiger partial charge in [0.05, 0.1) is 5.56 Å². The van der Waals surface area contributed by atoms with Gasteiger partial charge in [0.2, 0.25) is 0 Å². The number of nitrogens with two attached hydrogens (primary N) is 2. The second kappa shape index (κ2) is 4.90. The van der Waals surface area contributed by atoms with E-state index >= 15 is 0 Å². The van der Waals surface area contributed by atoms with E-state index in [1.807, 2.05) is 30.3 Å². The number of benzene rings is 1. The molecule has 0 bridgehead atoms. The Morgan fingerprint density at radius 1 is 1.07 bits per heavy atom. The Morgan fingerprint density at radius 3 is 2.21 bits per heavy atom. The summed E-state index contributed by atoms with van der Waals surface area (Å²) in [5.74, 6) is 0. The van der Waals surface area contributed by atoms with Gasteiger partial charge in [0.15, 0.2) is 0 Å². The third-order valence-corrected chi connectivity index (χ3v) is 3.95. The third kappa shape index (κ3) is 2.15. The van der Waals surface area contributed by atoms with Crippen LogP contribution in [0.3, 0.4) is 0 Å². The maximum Gasteiger partial charge on any atom is 0.273 e. The van der Waals surface area contributed by atoms with E-state index in [1.165, 1.54) is 20.7 Å². The van der Waals surface area contributed by atoms with Gasteiger partial charge in [-0.15, -0.1) is 0 Å². The fourth-order valence-electron chi connectivity index (χ4n) is 1.18. The molecule has 0 aliphatic carbocycles. The van der Waals surface area contributed by atoms with Gasteiger partial charge in [-0.3, -0.25) is 0 Å². The largest absolute Gasteiger partial charge is 1.00 e. The summed E-state index contributed by atoms with van der Waals surface area (Å²) in [6, 6.07) is 9.97. The normalized spacial score (nSPS) is 9.43. The van der Waals surface area contributed by atoms with Gasteiger partial charge in [-0.2, -0.15) is 0 Å². The third-order valence-electron chi connectivity index (χ3n) is 1.78. The van der Waals surface area contributed by atoms with E-state index in [4.69, 9.17) is 11.1 Å². The first kappa shape index (κ1) is 11.7.